The van der Waals surface area contributed by atoms with Crippen molar-refractivity contribution in [1.29, 1.82) is 0 Å². The Hall–Kier alpha value is -2.94. The number of carbonyl (C=O) groups excluding carboxylic acids is 1. The second-order valence-electron chi connectivity index (χ2n) is 5.18. The number of nitro groups is 1. The molecule has 1 amide bonds. The molecule has 0 saturated heterocycles. The number of nitrogens with zero attached hydrogens (tertiary/aromatic N) is 2. The molecule has 9 heteroatoms. The third-order valence-corrected chi connectivity index (χ3v) is 4.20. The minimum atomic E-state index is -0.494. The van der Waals surface area contributed by atoms with Crippen LogP contribution in [0.3, 0.4) is 0 Å². The van der Waals surface area contributed by atoms with Crippen LogP contribution < -0.4 is 14.9 Å². The Morgan fingerprint density at radius 1 is 1.32 bits per heavy atom. The summed E-state index contributed by atoms with van der Waals surface area (Å²) in [4.78, 5) is 22.4. The number of hydrogen-bond acceptors (Lipinski definition) is 6. The van der Waals surface area contributed by atoms with Crippen LogP contribution in [0.2, 0.25) is 0 Å². The zero-order chi connectivity index (χ0) is 18.0. The van der Waals surface area contributed by atoms with Gasteiger partial charge >= 0.3 is 0 Å². The molecule has 1 N–H and O–H groups in total. The maximum atomic E-state index is 12.1. The van der Waals surface area contributed by atoms with Crippen molar-refractivity contribution in [2.45, 2.75) is 6.92 Å². The summed E-state index contributed by atoms with van der Waals surface area (Å²) in [5.74, 6) is 0.766. The number of nitrogens with one attached hydrogen (secondary N) is 1. The van der Waals surface area contributed by atoms with Gasteiger partial charge < -0.3 is 9.47 Å². The molecular weight excluding hydrogens is 394 g/mol. The van der Waals surface area contributed by atoms with Gasteiger partial charge in [0.1, 0.15) is 0 Å². The highest BCUT2D eigenvalue weighted by atomic mass is 79.9. The van der Waals surface area contributed by atoms with Crippen LogP contribution in [0.25, 0.3) is 0 Å². The van der Waals surface area contributed by atoms with Gasteiger partial charge in [-0.25, -0.2) is 5.43 Å². The normalized spacial score (nSPS) is 12.4. The number of rotatable bonds is 4. The van der Waals surface area contributed by atoms with E-state index in [2.05, 4.69) is 26.5 Å². The van der Waals surface area contributed by atoms with Crippen molar-refractivity contribution < 1.29 is 19.2 Å². The average Bonchev–Trinajstić information content (AvgIpc) is 3.01. The number of halogens is 1. The van der Waals surface area contributed by atoms with Gasteiger partial charge in [-0.05, 0) is 47.1 Å². The molecule has 0 atom stereocenters. The SMILES string of the molecule is Cc1cc(C(=O)NN=Cc2cc3c(cc2Br)OCO3)ccc1[N+](=O)[O-]. The van der Waals surface area contributed by atoms with Gasteiger partial charge in [0.05, 0.1) is 11.1 Å². The lowest BCUT2D eigenvalue weighted by Crippen LogP contribution is -2.17. The molecule has 0 unspecified atom stereocenters. The number of fused-ring (bicyclic) bond motifs is 1. The van der Waals surface area contributed by atoms with Gasteiger partial charge in [-0.15, -0.1) is 0 Å². The first-order valence-corrected chi connectivity index (χ1v) is 7.92. The molecule has 0 aliphatic carbocycles. The topological polar surface area (TPSA) is 103 Å². The Labute approximate surface area is 150 Å². The highest BCUT2D eigenvalue weighted by Crippen LogP contribution is 2.36. The lowest BCUT2D eigenvalue weighted by atomic mass is 10.1. The van der Waals surface area contributed by atoms with Crippen LogP contribution in [-0.2, 0) is 0 Å². The van der Waals surface area contributed by atoms with Crippen LogP contribution in [0.1, 0.15) is 21.5 Å². The number of aryl methyl sites for hydroxylation is 1. The van der Waals surface area contributed by atoms with Gasteiger partial charge in [0.25, 0.3) is 11.6 Å². The van der Waals surface area contributed by atoms with Gasteiger partial charge in [-0.1, -0.05) is 0 Å². The maximum absolute atomic E-state index is 12.1. The van der Waals surface area contributed by atoms with E-state index >= 15 is 0 Å². The molecule has 1 heterocycles. The predicted molar refractivity (Wildman–Crippen MR) is 93.2 cm³/mol. The first-order valence-electron chi connectivity index (χ1n) is 7.13. The van der Waals surface area contributed by atoms with Crippen molar-refractivity contribution in [2.24, 2.45) is 5.10 Å². The molecule has 0 saturated carbocycles. The first kappa shape index (κ1) is 16.9. The average molecular weight is 406 g/mol. The summed E-state index contributed by atoms with van der Waals surface area (Å²) in [6.45, 7) is 1.74. The van der Waals surface area contributed by atoms with Crippen molar-refractivity contribution in [2.75, 3.05) is 6.79 Å². The highest BCUT2D eigenvalue weighted by Gasteiger charge is 2.16. The lowest BCUT2D eigenvalue weighted by molar-refractivity contribution is -0.385. The Morgan fingerprint density at radius 2 is 2.04 bits per heavy atom. The third kappa shape index (κ3) is 3.61. The summed E-state index contributed by atoms with van der Waals surface area (Å²) >= 11 is 3.39. The highest BCUT2D eigenvalue weighted by molar-refractivity contribution is 9.10. The number of carbonyl (C=O) groups is 1. The van der Waals surface area contributed by atoms with Gasteiger partial charge in [0.15, 0.2) is 11.5 Å². The van der Waals surface area contributed by atoms with Crippen LogP contribution >= 0.6 is 15.9 Å². The Balaban J connectivity index is 1.71. The molecule has 8 nitrogen and oxygen atoms in total. The molecule has 25 heavy (non-hydrogen) atoms. The number of amides is 1. The van der Waals surface area contributed by atoms with Crippen molar-refractivity contribution in [3.05, 3.63) is 61.6 Å². The van der Waals surface area contributed by atoms with Crippen LogP contribution in [0.15, 0.2) is 39.9 Å². The zero-order valence-electron chi connectivity index (χ0n) is 13.0. The number of ether oxygens (including phenoxy) is 2. The molecular formula is C16H12BrN3O5. The van der Waals surface area contributed by atoms with E-state index in [9.17, 15) is 14.9 Å². The lowest BCUT2D eigenvalue weighted by Gasteiger charge is -2.03. The molecule has 1 aliphatic heterocycles. The fraction of sp³-hybridized carbons (Fsp3) is 0.125. The first-order chi connectivity index (χ1) is 12.0. The van der Waals surface area contributed by atoms with E-state index in [1.807, 2.05) is 0 Å². The summed E-state index contributed by atoms with van der Waals surface area (Å²) in [5.41, 5.74) is 3.73. The van der Waals surface area contributed by atoms with E-state index < -0.39 is 10.8 Å². The molecule has 128 valence electrons. The number of nitro benzene ring substituents is 1. The molecule has 0 aromatic heterocycles. The third-order valence-electron chi connectivity index (χ3n) is 3.52. The zero-order valence-corrected chi connectivity index (χ0v) is 14.6. The molecule has 0 spiro atoms. The van der Waals surface area contributed by atoms with E-state index in [-0.39, 0.29) is 18.0 Å². The van der Waals surface area contributed by atoms with Crippen molar-refractivity contribution >= 4 is 33.7 Å². The van der Waals surface area contributed by atoms with Crippen molar-refractivity contribution in [3.63, 3.8) is 0 Å². The summed E-state index contributed by atoms with van der Waals surface area (Å²) < 4.78 is 11.3. The van der Waals surface area contributed by atoms with E-state index in [1.54, 1.807) is 19.1 Å². The number of hydrogen-bond donors (Lipinski definition) is 1. The van der Waals surface area contributed by atoms with Gasteiger partial charge in [-0.3, -0.25) is 14.9 Å². The molecule has 1 aliphatic rings. The van der Waals surface area contributed by atoms with Crippen molar-refractivity contribution in [1.82, 2.24) is 5.43 Å². The molecule has 2 aromatic carbocycles. The van der Waals surface area contributed by atoms with Crippen LogP contribution in [0.4, 0.5) is 5.69 Å². The molecule has 2 aromatic rings. The predicted octanol–water partition coefficient (Wildman–Crippen LogP) is 3.16. The standard InChI is InChI=1S/C16H12BrN3O5/c1-9-4-10(2-3-13(9)20(22)23)16(21)19-18-7-11-5-14-15(6-12(11)17)25-8-24-14/h2-7H,8H2,1H3,(H,19,21). The van der Waals surface area contributed by atoms with Gasteiger partial charge in [0.2, 0.25) is 6.79 Å². The molecule has 3 rings (SSSR count). The largest absolute Gasteiger partial charge is 0.454 e. The molecule has 0 fully saturated rings. The van der Waals surface area contributed by atoms with E-state index in [1.165, 1.54) is 24.4 Å². The van der Waals surface area contributed by atoms with Gasteiger partial charge in [-0.2, -0.15) is 5.10 Å². The summed E-state index contributed by atoms with van der Waals surface area (Å²) in [6, 6.07) is 7.61. The fourth-order valence-electron chi connectivity index (χ4n) is 2.26. The summed E-state index contributed by atoms with van der Waals surface area (Å²) in [6.07, 6.45) is 1.46. The van der Waals surface area contributed by atoms with E-state index in [4.69, 9.17) is 9.47 Å². The minimum Gasteiger partial charge on any atom is -0.454 e. The number of benzene rings is 2. The minimum absolute atomic E-state index is 0.0376. The smallest absolute Gasteiger partial charge is 0.272 e. The molecule has 0 radical (unpaired) electrons. The van der Waals surface area contributed by atoms with E-state index in [0.717, 1.165) is 4.47 Å². The van der Waals surface area contributed by atoms with Crippen LogP contribution in [-0.4, -0.2) is 23.8 Å². The maximum Gasteiger partial charge on any atom is 0.272 e. The van der Waals surface area contributed by atoms with Crippen molar-refractivity contribution in [3.8, 4) is 11.5 Å². The molecule has 0 bridgehead atoms. The monoisotopic (exact) mass is 405 g/mol. The summed E-state index contributed by atoms with van der Waals surface area (Å²) in [5, 5.41) is 14.7. The number of hydrazone groups is 1. The van der Waals surface area contributed by atoms with Crippen LogP contribution in [0, 0.1) is 17.0 Å². The van der Waals surface area contributed by atoms with E-state index in [0.29, 0.717) is 22.6 Å². The fourth-order valence-corrected chi connectivity index (χ4v) is 2.68. The quantitative estimate of drug-likeness (QED) is 0.477. The Kier molecular flexibility index (Phi) is 4.66. The Bertz CT molecular complexity index is 898. The van der Waals surface area contributed by atoms with Crippen LogP contribution in [0.5, 0.6) is 11.5 Å². The second kappa shape index (κ2) is 6.89. The second-order valence-corrected chi connectivity index (χ2v) is 6.04. The van der Waals surface area contributed by atoms with Gasteiger partial charge in [0, 0.05) is 27.2 Å². The summed E-state index contributed by atoms with van der Waals surface area (Å²) in [7, 11) is 0. The Morgan fingerprint density at radius 3 is 2.72 bits per heavy atom.